The number of carbonyl (C=O) groups excluding carboxylic acids is 1. The van der Waals surface area contributed by atoms with Crippen LogP contribution >= 0.6 is 0 Å². The highest BCUT2D eigenvalue weighted by Crippen LogP contribution is 2.32. The molecule has 3 rings (SSSR count). The standard InChI is InChI=1S/C19H20N4O2/c1-12-7-8-16(13(2)10-12)18(24)21-17-14(3)22-23(4)19(17)25-15-6-5-9-20-11-15/h5-11H,1-4H3,(H,21,24). The number of amides is 1. The highest BCUT2D eigenvalue weighted by atomic mass is 16.5. The molecule has 0 radical (unpaired) electrons. The van der Waals surface area contributed by atoms with Crippen LogP contribution in [0.5, 0.6) is 11.6 Å². The number of nitrogens with one attached hydrogen (secondary N) is 1. The zero-order valence-corrected chi connectivity index (χ0v) is 14.7. The summed E-state index contributed by atoms with van der Waals surface area (Å²) in [4.78, 5) is 16.7. The molecule has 0 aliphatic carbocycles. The van der Waals surface area contributed by atoms with Crippen LogP contribution < -0.4 is 10.1 Å². The van der Waals surface area contributed by atoms with Crippen molar-refractivity contribution in [3.8, 4) is 11.6 Å². The van der Waals surface area contributed by atoms with Gasteiger partial charge < -0.3 is 10.1 Å². The van der Waals surface area contributed by atoms with Gasteiger partial charge in [-0.05, 0) is 44.5 Å². The molecule has 1 aromatic carbocycles. The first-order valence-corrected chi connectivity index (χ1v) is 7.96. The zero-order chi connectivity index (χ0) is 18.0. The van der Waals surface area contributed by atoms with Crippen molar-refractivity contribution in [3.63, 3.8) is 0 Å². The molecule has 2 heterocycles. The highest BCUT2D eigenvalue weighted by Gasteiger charge is 2.19. The zero-order valence-electron chi connectivity index (χ0n) is 14.7. The normalized spacial score (nSPS) is 10.6. The van der Waals surface area contributed by atoms with Gasteiger partial charge in [-0.3, -0.25) is 9.78 Å². The smallest absolute Gasteiger partial charge is 0.256 e. The summed E-state index contributed by atoms with van der Waals surface area (Å²) < 4.78 is 7.47. The second-order valence-corrected chi connectivity index (χ2v) is 5.95. The molecule has 6 heteroatoms. The number of nitrogens with zero attached hydrogens (tertiary/aromatic N) is 3. The SMILES string of the molecule is Cc1ccc(C(=O)Nc2c(C)nn(C)c2Oc2cccnc2)c(C)c1. The van der Waals surface area contributed by atoms with Crippen molar-refractivity contribution in [1.29, 1.82) is 0 Å². The van der Waals surface area contributed by atoms with Gasteiger partial charge in [-0.15, -0.1) is 0 Å². The highest BCUT2D eigenvalue weighted by molar-refractivity contribution is 6.06. The van der Waals surface area contributed by atoms with Crippen LogP contribution in [-0.2, 0) is 7.05 Å². The van der Waals surface area contributed by atoms with Crippen molar-refractivity contribution >= 4 is 11.6 Å². The fourth-order valence-corrected chi connectivity index (χ4v) is 2.67. The van der Waals surface area contributed by atoms with Crippen molar-refractivity contribution in [1.82, 2.24) is 14.8 Å². The number of ether oxygens (including phenoxy) is 1. The van der Waals surface area contributed by atoms with Crippen LogP contribution in [0.4, 0.5) is 5.69 Å². The second kappa shape index (κ2) is 6.76. The Morgan fingerprint density at radius 2 is 2.00 bits per heavy atom. The molecule has 3 aromatic rings. The minimum Gasteiger partial charge on any atom is -0.436 e. The van der Waals surface area contributed by atoms with Crippen LogP contribution in [0.25, 0.3) is 0 Å². The molecule has 0 saturated carbocycles. The van der Waals surface area contributed by atoms with E-state index in [9.17, 15) is 4.79 Å². The quantitative estimate of drug-likeness (QED) is 0.787. The molecule has 0 bridgehead atoms. The van der Waals surface area contributed by atoms with Crippen molar-refractivity contribution in [2.45, 2.75) is 20.8 Å². The number of pyridine rings is 1. The minimum absolute atomic E-state index is 0.190. The average molecular weight is 336 g/mol. The van der Waals surface area contributed by atoms with E-state index >= 15 is 0 Å². The summed E-state index contributed by atoms with van der Waals surface area (Å²) in [5.74, 6) is 0.848. The Morgan fingerprint density at radius 1 is 1.20 bits per heavy atom. The Bertz CT molecular complexity index is 917. The third kappa shape index (κ3) is 3.52. The van der Waals surface area contributed by atoms with Gasteiger partial charge in [0, 0.05) is 18.8 Å². The third-order valence-corrected chi connectivity index (χ3v) is 3.88. The first kappa shape index (κ1) is 16.7. The van der Waals surface area contributed by atoms with E-state index in [0.717, 1.165) is 11.1 Å². The fourth-order valence-electron chi connectivity index (χ4n) is 2.67. The lowest BCUT2D eigenvalue weighted by Gasteiger charge is -2.11. The topological polar surface area (TPSA) is 69.0 Å². The molecule has 0 aliphatic heterocycles. The van der Waals surface area contributed by atoms with Gasteiger partial charge in [-0.1, -0.05) is 17.7 Å². The molecule has 1 N–H and O–H groups in total. The molecular formula is C19H20N4O2. The van der Waals surface area contributed by atoms with Crippen LogP contribution in [0, 0.1) is 20.8 Å². The summed E-state index contributed by atoms with van der Waals surface area (Å²) in [6.07, 6.45) is 3.28. The number of hydrogen-bond acceptors (Lipinski definition) is 4. The number of benzene rings is 1. The molecule has 25 heavy (non-hydrogen) atoms. The number of anilines is 1. The van der Waals surface area contributed by atoms with Crippen molar-refractivity contribution in [3.05, 3.63) is 65.1 Å². The summed E-state index contributed by atoms with van der Waals surface area (Å²) >= 11 is 0. The van der Waals surface area contributed by atoms with E-state index in [1.807, 2.05) is 39.0 Å². The molecule has 0 unspecified atom stereocenters. The third-order valence-electron chi connectivity index (χ3n) is 3.88. The maximum Gasteiger partial charge on any atom is 0.256 e. The maximum absolute atomic E-state index is 12.7. The first-order chi connectivity index (χ1) is 12.0. The van der Waals surface area contributed by atoms with Crippen LogP contribution in [0.1, 0.15) is 27.2 Å². The van der Waals surface area contributed by atoms with Gasteiger partial charge in [0.15, 0.2) is 0 Å². The summed E-state index contributed by atoms with van der Waals surface area (Å²) in [7, 11) is 1.77. The van der Waals surface area contributed by atoms with E-state index in [1.54, 1.807) is 36.3 Å². The Morgan fingerprint density at radius 3 is 2.68 bits per heavy atom. The van der Waals surface area contributed by atoms with Crippen LogP contribution in [0.15, 0.2) is 42.7 Å². The van der Waals surface area contributed by atoms with E-state index in [2.05, 4.69) is 15.4 Å². The molecule has 0 aliphatic rings. The molecule has 1 amide bonds. The first-order valence-electron chi connectivity index (χ1n) is 7.96. The molecule has 128 valence electrons. The van der Waals surface area contributed by atoms with Gasteiger partial charge in [-0.2, -0.15) is 5.10 Å². The molecule has 0 fully saturated rings. The minimum atomic E-state index is -0.190. The Kier molecular flexibility index (Phi) is 4.52. The number of carbonyl (C=O) groups is 1. The monoisotopic (exact) mass is 336 g/mol. The second-order valence-electron chi connectivity index (χ2n) is 5.95. The van der Waals surface area contributed by atoms with E-state index < -0.39 is 0 Å². The predicted octanol–water partition coefficient (Wildman–Crippen LogP) is 3.78. The predicted molar refractivity (Wildman–Crippen MR) is 96.1 cm³/mol. The number of rotatable bonds is 4. The summed E-state index contributed by atoms with van der Waals surface area (Å²) in [5.41, 5.74) is 3.90. The lowest BCUT2D eigenvalue weighted by molar-refractivity contribution is 0.102. The van der Waals surface area contributed by atoms with E-state index in [0.29, 0.717) is 28.6 Å². The molecule has 2 aromatic heterocycles. The number of hydrogen-bond donors (Lipinski definition) is 1. The van der Waals surface area contributed by atoms with E-state index in [-0.39, 0.29) is 5.91 Å². The Hall–Kier alpha value is -3.15. The maximum atomic E-state index is 12.7. The molecule has 6 nitrogen and oxygen atoms in total. The van der Waals surface area contributed by atoms with Crippen LogP contribution in [0.3, 0.4) is 0 Å². The van der Waals surface area contributed by atoms with E-state index in [1.165, 1.54) is 0 Å². The molecule has 0 saturated heterocycles. The van der Waals surface area contributed by atoms with Crippen molar-refractivity contribution in [2.24, 2.45) is 7.05 Å². The molecular weight excluding hydrogens is 316 g/mol. The number of aryl methyl sites for hydroxylation is 4. The van der Waals surface area contributed by atoms with Crippen LogP contribution in [0.2, 0.25) is 0 Å². The molecule has 0 spiro atoms. The lowest BCUT2D eigenvalue weighted by atomic mass is 10.1. The summed E-state index contributed by atoms with van der Waals surface area (Å²) in [6.45, 7) is 5.75. The number of aromatic nitrogens is 3. The van der Waals surface area contributed by atoms with Gasteiger partial charge >= 0.3 is 0 Å². The largest absolute Gasteiger partial charge is 0.436 e. The van der Waals surface area contributed by atoms with Gasteiger partial charge in [0.05, 0.1) is 11.9 Å². The summed E-state index contributed by atoms with van der Waals surface area (Å²) in [5, 5.41) is 7.28. The average Bonchev–Trinajstić information content (AvgIpc) is 2.82. The van der Waals surface area contributed by atoms with Crippen molar-refractivity contribution < 1.29 is 9.53 Å². The fraction of sp³-hybridized carbons (Fsp3) is 0.211. The summed E-state index contributed by atoms with van der Waals surface area (Å²) in [6, 6.07) is 9.31. The van der Waals surface area contributed by atoms with Gasteiger partial charge in [0.2, 0.25) is 5.88 Å². The van der Waals surface area contributed by atoms with Gasteiger partial charge in [-0.25, -0.2) is 4.68 Å². The molecule has 0 atom stereocenters. The Labute approximate surface area is 146 Å². The van der Waals surface area contributed by atoms with Crippen molar-refractivity contribution in [2.75, 3.05) is 5.32 Å². The Balaban J connectivity index is 1.91. The van der Waals surface area contributed by atoms with Gasteiger partial charge in [0.25, 0.3) is 5.91 Å². The van der Waals surface area contributed by atoms with Crippen LogP contribution in [-0.4, -0.2) is 20.7 Å². The van der Waals surface area contributed by atoms with Gasteiger partial charge in [0.1, 0.15) is 11.4 Å². The van der Waals surface area contributed by atoms with E-state index in [4.69, 9.17) is 4.74 Å². The lowest BCUT2D eigenvalue weighted by Crippen LogP contribution is -2.14.